The maximum atomic E-state index is 12.8. The van der Waals surface area contributed by atoms with Gasteiger partial charge in [0.05, 0.1) is 12.2 Å². The Bertz CT molecular complexity index is 734. The van der Waals surface area contributed by atoms with Crippen LogP contribution >= 0.6 is 0 Å². The van der Waals surface area contributed by atoms with Gasteiger partial charge in [0.25, 0.3) is 0 Å². The molecule has 8 heteroatoms. The number of ether oxygens (including phenoxy) is 1. The Kier molecular flexibility index (Phi) is 5.43. The highest BCUT2D eigenvalue weighted by Crippen LogP contribution is 2.48. The van der Waals surface area contributed by atoms with E-state index in [2.05, 4.69) is 5.32 Å². The van der Waals surface area contributed by atoms with Crippen molar-refractivity contribution in [3.8, 4) is 0 Å². The topological polar surface area (TPSA) is 96.0 Å². The molecule has 1 aliphatic heterocycles. The molecule has 0 spiro atoms. The fraction of sp³-hybridized carbons (Fsp3) is 0.474. The van der Waals surface area contributed by atoms with Crippen molar-refractivity contribution < 1.29 is 23.9 Å². The molecule has 0 bridgehead atoms. The van der Waals surface area contributed by atoms with Gasteiger partial charge in [0.2, 0.25) is 18.2 Å². The summed E-state index contributed by atoms with van der Waals surface area (Å²) in [6.45, 7) is 3.90. The molecule has 0 radical (unpaired) electrons. The number of hydrogen-bond acceptors (Lipinski definition) is 5. The number of benzene rings is 1. The van der Waals surface area contributed by atoms with Crippen molar-refractivity contribution in [2.24, 2.45) is 5.41 Å². The summed E-state index contributed by atoms with van der Waals surface area (Å²) in [5.41, 5.74) is -0.0820. The highest BCUT2D eigenvalue weighted by Gasteiger charge is 2.58. The number of piperazine rings is 1. The molecule has 1 N–H and O–H groups in total. The van der Waals surface area contributed by atoms with E-state index in [1.807, 2.05) is 0 Å². The Balaban J connectivity index is 1.61. The SMILES string of the molecule is CCOC(=O)c1ccc(NC(=O)C2(C(=O)N3CCN(C=O)CC3)CC2)cc1. The second-order valence-corrected chi connectivity index (χ2v) is 6.77. The van der Waals surface area contributed by atoms with E-state index in [0.717, 1.165) is 6.41 Å². The molecule has 1 saturated carbocycles. The summed E-state index contributed by atoms with van der Waals surface area (Å²) in [6, 6.07) is 6.39. The number of carbonyl (C=O) groups excluding carboxylic acids is 4. The van der Waals surface area contributed by atoms with E-state index < -0.39 is 11.4 Å². The Morgan fingerprint density at radius 1 is 1.11 bits per heavy atom. The van der Waals surface area contributed by atoms with E-state index in [1.54, 1.807) is 41.0 Å². The van der Waals surface area contributed by atoms with Gasteiger partial charge in [-0.3, -0.25) is 14.4 Å². The first-order valence-corrected chi connectivity index (χ1v) is 9.07. The van der Waals surface area contributed by atoms with Crippen LogP contribution in [0.15, 0.2) is 24.3 Å². The summed E-state index contributed by atoms with van der Waals surface area (Å²) in [5.74, 6) is -0.915. The summed E-state index contributed by atoms with van der Waals surface area (Å²) in [5, 5.41) is 2.78. The van der Waals surface area contributed by atoms with Gasteiger partial charge in [-0.05, 0) is 44.0 Å². The quantitative estimate of drug-likeness (QED) is 0.454. The van der Waals surface area contributed by atoms with Gasteiger partial charge in [-0.1, -0.05) is 0 Å². The maximum Gasteiger partial charge on any atom is 0.338 e. The van der Waals surface area contributed by atoms with Crippen LogP contribution in [0.25, 0.3) is 0 Å². The van der Waals surface area contributed by atoms with Crippen LogP contribution in [0.4, 0.5) is 5.69 Å². The number of nitrogens with zero attached hydrogens (tertiary/aromatic N) is 2. The summed E-state index contributed by atoms with van der Waals surface area (Å²) in [4.78, 5) is 51.3. The van der Waals surface area contributed by atoms with Gasteiger partial charge in [0.15, 0.2) is 0 Å². The molecule has 2 fully saturated rings. The normalized spacial score (nSPS) is 17.8. The van der Waals surface area contributed by atoms with Gasteiger partial charge in [-0.25, -0.2) is 4.79 Å². The molecule has 144 valence electrons. The highest BCUT2D eigenvalue weighted by molar-refractivity contribution is 6.13. The molecular weight excluding hydrogens is 350 g/mol. The number of carbonyl (C=O) groups is 4. The monoisotopic (exact) mass is 373 g/mol. The lowest BCUT2D eigenvalue weighted by Gasteiger charge is -2.34. The van der Waals surface area contributed by atoms with E-state index in [9.17, 15) is 19.2 Å². The fourth-order valence-electron chi connectivity index (χ4n) is 3.15. The van der Waals surface area contributed by atoms with Gasteiger partial charge in [-0.2, -0.15) is 0 Å². The molecule has 0 aromatic heterocycles. The molecule has 1 aromatic carbocycles. The Hall–Kier alpha value is -2.90. The molecule has 1 heterocycles. The number of rotatable bonds is 6. The van der Waals surface area contributed by atoms with E-state index in [1.165, 1.54) is 0 Å². The van der Waals surface area contributed by atoms with Crippen LogP contribution < -0.4 is 5.32 Å². The second-order valence-electron chi connectivity index (χ2n) is 6.77. The standard InChI is InChI=1S/C19H23N3O5/c1-2-27-16(24)14-3-5-15(6-4-14)20-17(25)19(7-8-19)18(26)22-11-9-21(13-23)10-12-22/h3-6,13H,2,7-12H2,1H3,(H,20,25). The fourth-order valence-corrected chi connectivity index (χ4v) is 3.15. The van der Waals surface area contributed by atoms with Crippen LogP contribution in [-0.4, -0.2) is 66.8 Å². The highest BCUT2D eigenvalue weighted by atomic mass is 16.5. The van der Waals surface area contributed by atoms with E-state index in [4.69, 9.17) is 4.74 Å². The third kappa shape index (κ3) is 3.94. The Morgan fingerprint density at radius 3 is 2.26 bits per heavy atom. The van der Waals surface area contributed by atoms with Crippen molar-refractivity contribution in [1.82, 2.24) is 9.80 Å². The van der Waals surface area contributed by atoms with Crippen LogP contribution in [0.2, 0.25) is 0 Å². The van der Waals surface area contributed by atoms with Crippen molar-refractivity contribution in [1.29, 1.82) is 0 Å². The van der Waals surface area contributed by atoms with Crippen molar-refractivity contribution in [2.75, 3.05) is 38.1 Å². The van der Waals surface area contributed by atoms with Crippen LogP contribution in [-0.2, 0) is 19.1 Å². The van der Waals surface area contributed by atoms with Gasteiger partial charge >= 0.3 is 5.97 Å². The molecular formula is C19H23N3O5. The molecule has 1 saturated heterocycles. The lowest BCUT2D eigenvalue weighted by atomic mass is 10.0. The minimum atomic E-state index is -1.01. The molecule has 8 nitrogen and oxygen atoms in total. The first kappa shape index (κ1) is 18.9. The second kappa shape index (κ2) is 7.77. The summed E-state index contributed by atoms with van der Waals surface area (Å²) in [7, 11) is 0. The van der Waals surface area contributed by atoms with Crippen molar-refractivity contribution in [3.63, 3.8) is 0 Å². The molecule has 1 aromatic rings. The predicted octanol–water partition coefficient (Wildman–Crippen LogP) is 0.883. The first-order valence-electron chi connectivity index (χ1n) is 9.07. The third-order valence-corrected chi connectivity index (χ3v) is 5.00. The zero-order valence-electron chi connectivity index (χ0n) is 15.3. The zero-order valence-corrected chi connectivity index (χ0v) is 15.3. The molecule has 1 aliphatic carbocycles. The van der Waals surface area contributed by atoms with Crippen LogP contribution in [0.5, 0.6) is 0 Å². The molecule has 0 unspecified atom stereocenters. The van der Waals surface area contributed by atoms with E-state index in [0.29, 0.717) is 56.9 Å². The van der Waals surface area contributed by atoms with E-state index in [-0.39, 0.29) is 11.8 Å². The van der Waals surface area contributed by atoms with Gasteiger partial charge in [0.1, 0.15) is 5.41 Å². The Labute approximate surface area is 157 Å². The number of amides is 3. The minimum Gasteiger partial charge on any atom is -0.462 e. The maximum absolute atomic E-state index is 12.8. The average Bonchev–Trinajstić information content (AvgIpc) is 3.50. The molecule has 0 atom stereocenters. The first-order chi connectivity index (χ1) is 13.0. The molecule has 3 amide bonds. The predicted molar refractivity (Wildman–Crippen MR) is 96.9 cm³/mol. The van der Waals surface area contributed by atoms with Gasteiger partial charge < -0.3 is 19.9 Å². The number of esters is 1. The summed E-state index contributed by atoms with van der Waals surface area (Å²) in [6.07, 6.45) is 1.82. The minimum absolute atomic E-state index is 0.173. The number of hydrogen-bond donors (Lipinski definition) is 1. The number of nitrogens with one attached hydrogen (secondary N) is 1. The average molecular weight is 373 g/mol. The van der Waals surface area contributed by atoms with Crippen molar-refractivity contribution in [2.45, 2.75) is 19.8 Å². The molecule has 27 heavy (non-hydrogen) atoms. The largest absolute Gasteiger partial charge is 0.462 e. The molecule has 2 aliphatic rings. The van der Waals surface area contributed by atoms with Crippen molar-refractivity contribution in [3.05, 3.63) is 29.8 Å². The Morgan fingerprint density at radius 2 is 1.74 bits per heavy atom. The molecule has 3 rings (SSSR count). The van der Waals surface area contributed by atoms with Gasteiger partial charge in [-0.15, -0.1) is 0 Å². The lowest BCUT2D eigenvalue weighted by Crippen LogP contribution is -2.52. The summed E-state index contributed by atoms with van der Waals surface area (Å²) >= 11 is 0. The lowest BCUT2D eigenvalue weighted by molar-refractivity contribution is -0.144. The number of anilines is 1. The third-order valence-electron chi connectivity index (χ3n) is 5.00. The zero-order chi connectivity index (χ0) is 19.4. The van der Waals surface area contributed by atoms with Crippen molar-refractivity contribution >= 4 is 29.9 Å². The smallest absolute Gasteiger partial charge is 0.338 e. The van der Waals surface area contributed by atoms with E-state index >= 15 is 0 Å². The van der Waals surface area contributed by atoms with Crippen LogP contribution in [0.1, 0.15) is 30.1 Å². The van der Waals surface area contributed by atoms with Crippen LogP contribution in [0, 0.1) is 5.41 Å². The van der Waals surface area contributed by atoms with Crippen LogP contribution in [0.3, 0.4) is 0 Å². The summed E-state index contributed by atoms with van der Waals surface area (Å²) < 4.78 is 4.93. The van der Waals surface area contributed by atoms with Gasteiger partial charge in [0, 0.05) is 31.9 Å².